The number of nitrogens with zero attached hydrogens (tertiary/aromatic N) is 1. The summed E-state index contributed by atoms with van der Waals surface area (Å²) in [6, 6.07) is 0. The fourth-order valence-corrected chi connectivity index (χ4v) is 0.820. The molecule has 2 aliphatic rings. The van der Waals surface area contributed by atoms with E-state index in [2.05, 4.69) is 10.9 Å². The maximum Gasteiger partial charge on any atom is 0.0920 e. The van der Waals surface area contributed by atoms with Crippen molar-refractivity contribution in [1.82, 2.24) is 10.9 Å². The zero-order valence-electron chi connectivity index (χ0n) is 4.26. The van der Waals surface area contributed by atoms with Gasteiger partial charge in [0.2, 0.25) is 0 Å². The highest BCUT2D eigenvalue weighted by molar-refractivity contribution is 5.48. The molecule has 0 aromatic heterocycles. The van der Waals surface area contributed by atoms with Gasteiger partial charge in [-0.05, 0) is 6.08 Å². The largest absolute Gasteiger partial charge is 0.285 e. The van der Waals surface area contributed by atoms with Gasteiger partial charge in [0, 0.05) is 11.8 Å². The van der Waals surface area contributed by atoms with Gasteiger partial charge in [-0.2, -0.15) is 5.43 Å². The summed E-state index contributed by atoms with van der Waals surface area (Å²) in [5.41, 5.74) is 8.95. The molecule has 39 valence electrons. The van der Waals surface area contributed by atoms with Crippen LogP contribution in [0.4, 0.5) is 0 Å². The van der Waals surface area contributed by atoms with Gasteiger partial charge in [0.1, 0.15) is 0 Å². The van der Waals surface area contributed by atoms with E-state index in [1.54, 1.807) is 0 Å². The van der Waals surface area contributed by atoms with Gasteiger partial charge in [-0.15, -0.1) is 0 Å². The molecule has 1 aliphatic heterocycles. The highest BCUT2D eigenvalue weighted by Gasteiger charge is 2.11. The van der Waals surface area contributed by atoms with Crippen LogP contribution >= 0.6 is 0 Å². The van der Waals surface area contributed by atoms with Crippen LogP contribution in [0.1, 0.15) is 0 Å². The van der Waals surface area contributed by atoms with Crippen molar-refractivity contribution in [1.29, 1.82) is 0 Å². The molecule has 0 aromatic rings. The molecule has 0 amide bonds. The molecule has 1 N–H and O–H groups in total. The molecule has 0 spiro atoms. The Morgan fingerprint density at radius 1 is 1.50 bits per heavy atom. The highest BCUT2D eigenvalue weighted by Crippen LogP contribution is 2.17. The van der Waals surface area contributed by atoms with Gasteiger partial charge in [0.15, 0.2) is 0 Å². The molecular weight excluding hydrogens is 100 g/mol. The summed E-state index contributed by atoms with van der Waals surface area (Å²) in [5.74, 6) is 0. The van der Waals surface area contributed by atoms with Crippen LogP contribution in [0.3, 0.4) is 0 Å². The molecule has 2 heteroatoms. The zero-order chi connectivity index (χ0) is 5.40. The lowest BCUT2D eigenvalue weighted by atomic mass is 10.3. The SMILES string of the molecule is C1=CC2=CN[N]C2=C1. The molecule has 1 aliphatic carbocycles. The molecule has 0 atom stereocenters. The van der Waals surface area contributed by atoms with Crippen molar-refractivity contribution in [2.75, 3.05) is 0 Å². The molecule has 0 unspecified atom stereocenters. The summed E-state index contributed by atoms with van der Waals surface area (Å²) >= 11 is 0. The van der Waals surface area contributed by atoms with Gasteiger partial charge in [-0.3, -0.25) is 5.43 Å². The summed E-state index contributed by atoms with van der Waals surface area (Å²) < 4.78 is 0. The standard InChI is InChI=1S/C6H5N2/c1-2-5-4-7-8-6(5)3-1/h1-4,7H. The predicted molar refractivity (Wildman–Crippen MR) is 30.6 cm³/mol. The third-order valence-corrected chi connectivity index (χ3v) is 1.23. The fourth-order valence-electron chi connectivity index (χ4n) is 0.820. The van der Waals surface area contributed by atoms with E-state index in [-0.39, 0.29) is 0 Å². The summed E-state index contributed by atoms with van der Waals surface area (Å²) in [5, 5.41) is 0. The monoisotopic (exact) mass is 105 g/mol. The quantitative estimate of drug-likeness (QED) is 0.475. The summed E-state index contributed by atoms with van der Waals surface area (Å²) in [6.45, 7) is 0. The molecule has 0 aromatic carbocycles. The van der Waals surface area contributed by atoms with E-state index in [1.807, 2.05) is 24.4 Å². The van der Waals surface area contributed by atoms with Crippen molar-refractivity contribution in [2.24, 2.45) is 0 Å². The van der Waals surface area contributed by atoms with Crippen molar-refractivity contribution in [3.05, 3.63) is 35.7 Å². The minimum Gasteiger partial charge on any atom is -0.285 e. The van der Waals surface area contributed by atoms with Crippen molar-refractivity contribution < 1.29 is 0 Å². The highest BCUT2D eigenvalue weighted by atomic mass is 15.4. The van der Waals surface area contributed by atoms with Crippen LogP contribution in [0, 0.1) is 0 Å². The van der Waals surface area contributed by atoms with Crippen molar-refractivity contribution in [2.45, 2.75) is 0 Å². The molecule has 0 bridgehead atoms. The Labute approximate surface area is 47.6 Å². The van der Waals surface area contributed by atoms with E-state index in [0.29, 0.717) is 0 Å². The van der Waals surface area contributed by atoms with Gasteiger partial charge in [0.25, 0.3) is 0 Å². The molecule has 1 heterocycles. The first-order chi connectivity index (χ1) is 3.97. The smallest absolute Gasteiger partial charge is 0.0920 e. The van der Waals surface area contributed by atoms with Gasteiger partial charge >= 0.3 is 0 Å². The maximum atomic E-state index is 3.95. The van der Waals surface area contributed by atoms with E-state index in [1.165, 1.54) is 5.57 Å². The molecule has 2 rings (SSSR count). The van der Waals surface area contributed by atoms with Crippen LogP contribution in [0.15, 0.2) is 35.7 Å². The van der Waals surface area contributed by atoms with Crippen LogP contribution in [-0.2, 0) is 0 Å². The lowest BCUT2D eigenvalue weighted by molar-refractivity contribution is 0.768. The number of hydrogen-bond donors (Lipinski definition) is 1. The van der Waals surface area contributed by atoms with E-state index in [4.69, 9.17) is 0 Å². The summed E-state index contributed by atoms with van der Waals surface area (Å²) in [4.78, 5) is 0. The number of allylic oxidation sites excluding steroid dienone is 3. The van der Waals surface area contributed by atoms with Crippen LogP contribution in [0.5, 0.6) is 0 Å². The maximum absolute atomic E-state index is 3.95. The van der Waals surface area contributed by atoms with Crippen LogP contribution in [0.2, 0.25) is 0 Å². The second-order valence-electron chi connectivity index (χ2n) is 1.75. The van der Waals surface area contributed by atoms with E-state index >= 15 is 0 Å². The average Bonchev–Trinajstić information content (AvgIpc) is 2.15. The van der Waals surface area contributed by atoms with Gasteiger partial charge < -0.3 is 0 Å². The lowest BCUT2D eigenvalue weighted by Gasteiger charge is -1.88. The first-order valence-corrected chi connectivity index (χ1v) is 2.52. The number of nitrogens with one attached hydrogen (secondary N) is 1. The lowest BCUT2D eigenvalue weighted by Crippen LogP contribution is -2.09. The Hall–Kier alpha value is -1.18. The normalized spacial score (nSPS) is 21.0. The number of fused-ring (bicyclic) bond motifs is 1. The number of hydrogen-bond acceptors (Lipinski definition) is 1. The average molecular weight is 105 g/mol. The van der Waals surface area contributed by atoms with E-state index < -0.39 is 0 Å². The Kier molecular flexibility index (Phi) is 0.545. The second-order valence-corrected chi connectivity index (χ2v) is 1.75. The van der Waals surface area contributed by atoms with E-state index in [9.17, 15) is 0 Å². The summed E-state index contributed by atoms with van der Waals surface area (Å²) in [6.07, 6.45) is 7.88. The molecular formula is C6H5N2. The topological polar surface area (TPSA) is 26.1 Å². The first kappa shape index (κ1) is 3.78. The Morgan fingerprint density at radius 2 is 2.50 bits per heavy atom. The zero-order valence-corrected chi connectivity index (χ0v) is 4.26. The third kappa shape index (κ3) is 0.320. The molecule has 8 heavy (non-hydrogen) atoms. The molecule has 0 saturated heterocycles. The Bertz CT molecular complexity index is 199. The van der Waals surface area contributed by atoms with Gasteiger partial charge in [-0.25, -0.2) is 0 Å². The predicted octanol–water partition coefficient (Wildman–Crippen LogP) is 0.447. The van der Waals surface area contributed by atoms with Crippen molar-refractivity contribution >= 4 is 0 Å². The van der Waals surface area contributed by atoms with Gasteiger partial charge in [0.05, 0.1) is 5.70 Å². The van der Waals surface area contributed by atoms with E-state index in [0.717, 1.165) is 5.70 Å². The number of rotatable bonds is 0. The van der Waals surface area contributed by atoms with Crippen LogP contribution < -0.4 is 10.9 Å². The van der Waals surface area contributed by atoms with Crippen LogP contribution in [-0.4, -0.2) is 0 Å². The minimum atomic E-state index is 1.05. The Morgan fingerprint density at radius 3 is 3.38 bits per heavy atom. The van der Waals surface area contributed by atoms with Crippen molar-refractivity contribution in [3.8, 4) is 0 Å². The van der Waals surface area contributed by atoms with Crippen molar-refractivity contribution in [3.63, 3.8) is 0 Å². The second kappa shape index (κ2) is 1.15. The third-order valence-electron chi connectivity index (χ3n) is 1.23. The molecule has 1 radical (unpaired) electrons. The minimum absolute atomic E-state index is 1.05. The summed E-state index contributed by atoms with van der Waals surface area (Å²) in [7, 11) is 0. The molecule has 0 saturated carbocycles. The Balaban J connectivity index is 2.49. The molecule has 2 nitrogen and oxygen atoms in total. The first-order valence-electron chi connectivity index (χ1n) is 2.52. The fraction of sp³-hybridized carbons (Fsp3) is 0. The van der Waals surface area contributed by atoms with Crippen LogP contribution in [0.25, 0.3) is 0 Å². The molecule has 0 fully saturated rings. The van der Waals surface area contributed by atoms with Gasteiger partial charge in [-0.1, -0.05) is 12.2 Å².